The fourth-order valence-corrected chi connectivity index (χ4v) is 3.94. The highest BCUT2D eigenvalue weighted by Crippen LogP contribution is 2.38. The Balaban J connectivity index is 1.61. The third-order valence-electron chi connectivity index (χ3n) is 5.33. The highest BCUT2D eigenvalue weighted by Gasteiger charge is 2.27. The van der Waals surface area contributed by atoms with Crippen molar-refractivity contribution in [3.05, 3.63) is 89.7 Å². The number of carbonyl (C=O) groups is 1. The number of aromatic nitrogens is 1. The third-order valence-corrected chi connectivity index (χ3v) is 5.33. The highest BCUT2D eigenvalue weighted by molar-refractivity contribution is 5.93. The summed E-state index contributed by atoms with van der Waals surface area (Å²) in [4.78, 5) is 21.6. The zero-order chi connectivity index (χ0) is 19.5. The Morgan fingerprint density at radius 3 is 2.64 bits per heavy atom. The van der Waals surface area contributed by atoms with Crippen LogP contribution in [-0.2, 0) is 13.0 Å². The van der Waals surface area contributed by atoms with Crippen molar-refractivity contribution in [2.45, 2.75) is 32.9 Å². The van der Waals surface area contributed by atoms with Gasteiger partial charge in [-0.3, -0.25) is 9.78 Å². The van der Waals surface area contributed by atoms with E-state index in [1.54, 1.807) is 6.20 Å². The second-order valence-corrected chi connectivity index (χ2v) is 7.26. The van der Waals surface area contributed by atoms with Crippen LogP contribution in [0.1, 0.15) is 35.5 Å². The number of fused-ring (bicyclic) bond motifs is 1. The minimum atomic E-state index is -0.0339. The molecule has 4 nitrogen and oxygen atoms in total. The second kappa shape index (κ2) is 7.85. The van der Waals surface area contributed by atoms with E-state index in [9.17, 15) is 4.79 Å². The van der Waals surface area contributed by atoms with E-state index in [0.29, 0.717) is 24.8 Å². The monoisotopic (exact) mass is 371 g/mol. The van der Waals surface area contributed by atoms with Gasteiger partial charge in [-0.05, 0) is 49.6 Å². The summed E-state index contributed by atoms with van der Waals surface area (Å²) in [5.41, 5.74) is 5.20. The minimum absolute atomic E-state index is 0.0339. The first kappa shape index (κ1) is 18.2. The van der Waals surface area contributed by atoms with Gasteiger partial charge in [0, 0.05) is 36.7 Å². The molecular formula is C24H25N3O. The summed E-state index contributed by atoms with van der Waals surface area (Å²) in [6.45, 7) is 5.45. The fraction of sp³-hybridized carbons (Fsp3) is 0.250. The first-order valence-electron chi connectivity index (χ1n) is 9.83. The summed E-state index contributed by atoms with van der Waals surface area (Å²) >= 11 is 0. The standard InChI is InChI=1S/C24H25N3O/c1-3-26(17-19-9-5-4-6-10-19)24(28)22-16-21(13-14-25-22)27-18(2)15-20-11-7-8-12-23(20)27/h4-14,16,18H,3,15,17H2,1-2H3. The van der Waals surface area contributed by atoms with E-state index in [4.69, 9.17) is 0 Å². The first-order chi connectivity index (χ1) is 13.7. The zero-order valence-corrected chi connectivity index (χ0v) is 16.4. The number of nitrogens with zero attached hydrogens (tertiary/aromatic N) is 3. The Morgan fingerprint density at radius 2 is 1.86 bits per heavy atom. The molecule has 1 amide bonds. The Hall–Kier alpha value is -3.14. The van der Waals surface area contributed by atoms with Crippen LogP contribution in [0.2, 0.25) is 0 Å². The average Bonchev–Trinajstić information content (AvgIpc) is 3.08. The summed E-state index contributed by atoms with van der Waals surface area (Å²) in [6, 6.07) is 22.8. The van der Waals surface area contributed by atoms with Crippen molar-refractivity contribution in [2.75, 3.05) is 11.4 Å². The van der Waals surface area contributed by atoms with Crippen LogP contribution in [0.15, 0.2) is 72.9 Å². The number of carbonyl (C=O) groups excluding carboxylic acids is 1. The van der Waals surface area contributed by atoms with Gasteiger partial charge in [0.1, 0.15) is 5.69 Å². The van der Waals surface area contributed by atoms with Crippen molar-refractivity contribution in [1.82, 2.24) is 9.88 Å². The predicted molar refractivity (Wildman–Crippen MR) is 113 cm³/mol. The maximum Gasteiger partial charge on any atom is 0.272 e. The lowest BCUT2D eigenvalue weighted by atomic mass is 10.1. The van der Waals surface area contributed by atoms with E-state index in [1.165, 1.54) is 11.3 Å². The van der Waals surface area contributed by atoms with Crippen molar-refractivity contribution in [2.24, 2.45) is 0 Å². The lowest BCUT2D eigenvalue weighted by molar-refractivity contribution is 0.0746. The molecule has 1 unspecified atom stereocenters. The molecule has 142 valence electrons. The molecule has 1 atom stereocenters. The molecule has 0 saturated heterocycles. The van der Waals surface area contributed by atoms with Gasteiger partial charge in [-0.1, -0.05) is 48.5 Å². The Morgan fingerprint density at radius 1 is 1.11 bits per heavy atom. The normalized spacial score (nSPS) is 15.4. The Kier molecular flexibility index (Phi) is 5.11. The van der Waals surface area contributed by atoms with Crippen LogP contribution in [-0.4, -0.2) is 28.4 Å². The second-order valence-electron chi connectivity index (χ2n) is 7.26. The number of hydrogen-bond acceptors (Lipinski definition) is 3. The van der Waals surface area contributed by atoms with E-state index in [2.05, 4.69) is 41.1 Å². The van der Waals surface area contributed by atoms with Gasteiger partial charge in [-0.15, -0.1) is 0 Å². The first-order valence-corrected chi connectivity index (χ1v) is 9.83. The highest BCUT2D eigenvalue weighted by atomic mass is 16.2. The molecule has 0 fully saturated rings. The Bertz CT molecular complexity index is 970. The summed E-state index contributed by atoms with van der Waals surface area (Å²) in [7, 11) is 0. The topological polar surface area (TPSA) is 36.4 Å². The van der Waals surface area contributed by atoms with E-state index in [0.717, 1.165) is 17.7 Å². The van der Waals surface area contributed by atoms with Crippen molar-refractivity contribution < 1.29 is 4.79 Å². The van der Waals surface area contributed by atoms with E-state index in [-0.39, 0.29) is 5.91 Å². The van der Waals surface area contributed by atoms with Gasteiger partial charge in [0.25, 0.3) is 5.91 Å². The molecule has 2 aromatic carbocycles. The number of amides is 1. The molecule has 1 aliphatic heterocycles. The molecule has 0 aliphatic carbocycles. The van der Waals surface area contributed by atoms with Gasteiger partial charge in [-0.25, -0.2) is 0 Å². The molecule has 4 rings (SSSR count). The number of anilines is 2. The molecule has 3 aromatic rings. The van der Waals surface area contributed by atoms with Gasteiger partial charge < -0.3 is 9.80 Å². The average molecular weight is 371 g/mol. The van der Waals surface area contributed by atoms with Crippen LogP contribution in [0.25, 0.3) is 0 Å². The summed E-state index contributed by atoms with van der Waals surface area (Å²) in [6.07, 6.45) is 2.75. The molecule has 2 heterocycles. The van der Waals surface area contributed by atoms with Crippen LogP contribution >= 0.6 is 0 Å². The SMILES string of the molecule is CCN(Cc1ccccc1)C(=O)c1cc(N2c3ccccc3CC2C)ccn1. The van der Waals surface area contributed by atoms with E-state index < -0.39 is 0 Å². The lowest BCUT2D eigenvalue weighted by Gasteiger charge is -2.26. The molecule has 0 N–H and O–H groups in total. The minimum Gasteiger partial charge on any atom is -0.338 e. The Labute approximate surface area is 166 Å². The smallest absolute Gasteiger partial charge is 0.272 e. The van der Waals surface area contributed by atoms with Crippen molar-refractivity contribution >= 4 is 17.3 Å². The molecule has 0 spiro atoms. The summed E-state index contributed by atoms with van der Waals surface area (Å²) in [5.74, 6) is -0.0339. The predicted octanol–water partition coefficient (Wildman–Crippen LogP) is 4.83. The van der Waals surface area contributed by atoms with Crippen LogP contribution in [0.5, 0.6) is 0 Å². The molecular weight excluding hydrogens is 346 g/mol. The van der Waals surface area contributed by atoms with Crippen LogP contribution in [0.3, 0.4) is 0 Å². The zero-order valence-electron chi connectivity index (χ0n) is 16.4. The number of rotatable bonds is 5. The van der Waals surface area contributed by atoms with Crippen LogP contribution in [0.4, 0.5) is 11.4 Å². The molecule has 28 heavy (non-hydrogen) atoms. The quantitative estimate of drug-likeness (QED) is 0.645. The molecule has 0 bridgehead atoms. The molecule has 0 radical (unpaired) electrons. The molecule has 1 aromatic heterocycles. The van der Waals surface area contributed by atoms with Crippen LogP contribution in [0, 0.1) is 0 Å². The van der Waals surface area contributed by atoms with Crippen molar-refractivity contribution in [1.29, 1.82) is 0 Å². The number of pyridine rings is 1. The summed E-state index contributed by atoms with van der Waals surface area (Å²) < 4.78 is 0. The van der Waals surface area contributed by atoms with Gasteiger partial charge in [-0.2, -0.15) is 0 Å². The third kappa shape index (κ3) is 3.50. The molecule has 0 saturated carbocycles. The van der Waals surface area contributed by atoms with Gasteiger partial charge >= 0.3 is 0 Å². The van der Waals surface area contributed by atoms with Crippen molar-refractivity contribution in [3.8, 4) is 0 Å². The number of hydrogen-bond donors (Lipinski definition) is 0. The van der Waals surface area contributed by atoms with Gasteiger partial charge in [0.2, 0.25) is 0 Å². The van der Waals surface area contributed by atoms with E-state index in [1.807, 2.05) is 54.3 Å². The van der Waals surface area contributed by atoms with Crippen molar-refractivity contribution in [3.63, 3.8) is 0 Å². The largest absolute Gasteiger partial charge is 0.338 e. The number of para-hydroxylation sites is 1. The lowest BCUT2D eigenvalue weighted by Crippen LogP contribution is -2.31. The summed E-state index contributed by atoms with van der Waals surface area (Å²) in [5, 5.41) is 0. The molecule has 1 aliphatic rings. The maximum absolute atomic E-state index is 13.1. The maximum atomic E-state index is 13.1. The van der Waals surface area contributed by atoms with Gasteiger partial charge in [0.05, 0.1) is 0 Å². The fourth-order valence-electron chi connectivity index (χ4n) is 3.94. The van der Waals surface area contributed by atoms with Crippen LogP contribution < -0.4 is 4.90 Å². The number of benzene rings is 2. The molecule has 4 heteroatoms. The van der Waals surface area contributed by atoms with Gasteiger partial charge in [0.15, 0.2) is 0 Å². The van der Waals surface area contributed by atoms with E-state index >= 15 is 0 Å².